The Hall–Kier alpha value is -2.17. The molecule has 0 atom stereocenters. The second kappa shape index (κ2) is 6.98. The number of aromatic nitrogens is 1. The summed E-state index contributed by atoms with van der Waals surface area (Å²) < 4.78 is 7.35. The third kappa shape index (κ3) is 3.46. The van der Waals surface area contributed by atoms with Gasteiger partial charge in [-0.15, -0.1) is 0 Å². The fourth-order valence-electron chi connectivity index (χ4n) is 3.10. The zero-order chi connectivity index (χ0) is 18.1. The number of hydrogen-bond donors (Lipinski definition) is 1. The van der Waals surface area contributed by atoms with E-state index in [1.54, 1.807) is 13.2 Å². The minimum Gasteiger partial charge on any atom is -0.495 e. The number of hydrogen-bond acceptors (Lipinski definition) is 2. The smallest absolute Gasteiger partial charge is 0.307 e. The lowest BCUT2D eigenvalue weighted by Gasteiger charge is -2.10. The van der Waals surface area contributed by atoms with E-state index in [2.05, 4.69) is 4.57 Å². The zero-order valence-electron chi connectivity index (χ0n) is 13.8. The molecule has 0 amide bonds. The van der Waals surface area contributed by atoms with Crippen LogP contribution < -0.4 is 4.74 Å². The van der Waals surface area contributed by atoms with E-state index in [-0.39, 0.29) is 6.42 Å². The highest BCUT2D eigenvalue weighted by molar-refractivity contribution is 6.33. The second-order valence-electron chi connectivity index (χ2n) is 5.85. The van der Waals surface area contributed by atoms with E-state index in [0.717, 1.165) is 27.7 Å². The van der Waals surface area contributed by atoms with Gasteiger partial charge in [0.2, 0.25) is 0 Å². The molecule has 0 aliphatic heterocycles. The van der Waals surface area contributed by atoms with Gasteiger partial charge >= 0.3 is 5.97 Å². The number of fused-ring (bicyclic) bond motifs is 1. The van der Waals surface area contributed by atoms with Gasteiger partial charge in [0.15, 0.2) is 0 Å². The van der Waals surface area contributed by atoms with Crippen molar-refractivity contribution in [3.63, 3.8) is 0 Å². The quantitative estimate of drug-likeness (QED) is 0.684. The van der Waals surface area contributed by atoms with Gasteiger partial charge in [-0.3, -0.25) is 4.79 Å². The average molecular weight is 378 g/mol. The molecule has 4 nitrogen and oxygen atoms in total. The van der Waals surface area contributed by atoms with Crippen LogP contribution in [0.25, 0.3) is 10.9 Å². The van der Waals surface area contributed by atoms with Crippen molar-refractivity contribution in [3.05, 3.63) is 63.3 Å². The number of ether oxygens (including phenoxy) is 1. The maximum Gasteiger partial charge on any atom is 0.307 e. The van der Waals surface area contributed by atoms with E-state index >= 15 is 0 Å². The van der Waals surface area contributed by atoms with Gasteiger partial charge in [-0.1, -0.05) is 35.3 Å². The Morgan fingerprint density at radius 3 is 2.64 bits per heavy atom. The molecule has 0 aliphatic carbocycles. The van der Waals surface area contributed by atoms with Crippen LogP contribution >= 0.6 is 23.2 Å². The molecule has 0 aliphatic rings. The molecule has 0 radical (unpaired) electrons. The van der Waals surface area contributed by atoms with Gasteiger partial charge in [0.25, 0.3) is 0 Å². The Balaban J connectivity index is 2.21. The van der Waals surface area contributed by atoms with Crippen molar-refractivity contribution < 1.29 is 14.6 Å². The standard InChI is InChI=1S/C19H17Cl2NO3/c1-11-14(8-19(23)24)15-7-18(25-2)16(21)9-17(15)22(11)10-12-4-3-5-13(20)6-12/h3-7,9H,8,10H2,1-2H3,(H,23,24). The van der Waals surface area contributed by atoms with Gasteiger partial charge < -0.3 is 14.4 Å². The number of carboxylic acids is 1. The lowest BCUT2D eigenvalue weighted by molar-refractivity contribution is -0.136. The van der Waals surface area contributed by atoms with Crippen molar-refractivity contribution in [2.75, 3.05) is 7.11 Å². The Morgan fingerprint density at radius 1 is 1.24 bits per heavy atom. The topological polar surface area (TPSA) is 51.5 Å². The Bertz CT molecular complexity index is 963. The highest BCUT2D eigenvalue weighted by atomic mass is 35.5. The van der Waals surface area contributed by atoms with E-state index in [9.17, 15) is 9.90 Å². The molecular weight excluding hydrogens is 361 g/mol. The van der Waals surface area contributed by atoms with Crippen LogP contribution in [0.4, 0.5) is 0 Å². The fourth-order valence-corrected chi connectivity index (χ4v) is 3.55. The summed E-state index contributed by atoms with van der Waals surface area (Å²) in [4.78, 5) is 11.3. The van der Waals surface area contributed by atoms with Gasteiger partial charge in [-0.2, -0.15) is 0 Å². The van der Waals surface area contributed by atoms with E-state index < -0.39 is 5.97 Å². The number of benzene rings is 2. The summed E-state index contributed by atoms with van der Waals surface area (Å²) in [6.07, 6.45) is -0.0599. The molecule has 6 heteroatoms. The summed E-state index contributed by atoms with van der Waals surface area (Å²) in [5.74, 6) is -0.348. The van der Waals surface area contributed by atoms with Gasteiger partial charge in [0.1, 0.15) is 5.75 Å². The van der Waals surface area contributed by atoms with E-state index in [0.29, 0.717) is 22.3 Å². The summed E-state index contributed by atoms with van der Waals surface area (Å²) in [5, 5.41) is 11.3. The predicted molar refractivity (Wildman–Crippen MR) is 100 cm³/mol. The third-order valence-electron chi connectivity index (χ3n) is 4.29. The molecule has 1 heterocycles. The summed E-state index contributed by atoms with van der Waals surface area (Å²) >= 11 is 12.4. The first-order valence-electron chi connectivity index (χ1n) is 7.72. The molecule has 0 unspecified atom stereocenters. The van der Waals surface area contributed by atoms with Gasteiger partial charge in [-0.05, 0) is 42.3 Å². The Kier molecular flexibility index (Phi) is 4.93. The highest BCUT2D eigenvalue weighted by Gasteiger charge is 2.19. The average Bonchev–Trinajstić information content (AvgIpc) is 2.79. The highest BCUT2D eigenvalue weighted by Crippen LogP contribution is 2.35. The summed E-state index contributed by atoms with van der Waals surface area (Å²) in [6.45, 7) is 2.49. The molecule has 2 aromatic carbocycles. The monoisotopic (exact) mass is 377 g/mol. The van der Waals surface area contributed by atoms with Crippen molar-refractivity contribution in [3.8, 4) is 5.75 Å². The van der Waals surface area contributed by atoms with Gasteiger partial charge in [0.05, 0.1) is 24.1 Å². The fraction of sp³-hybridized carbons (Fsp3) is 0.211. The van der Waals surface area contributed by atoms with E-state index in [1.165, 1.54) is 0 Å². The molecule has 3 rings (SSSR count). The molecule has 1 N–H and O–H groups in total. The summed E-state index contributed by atoms with van der Waals surface area (Å²) in [6, 6.07) is 11.2. The van der Waals surface area contributed by atoms with E-state index in [4.69, 9.17) is 27.9 Å². The van der Waals surface area contributed by atoms with Crippen LogP contribution in [-0.4, -0.2) is 22.8 Å². The lowest BCUT2D eigenvalue weighted by Crippen LogP contribution is -2.05. The van der Waals surface area contributed by atoms with Crippen LogP contribution in [0, 0.1) is 6.92 Å². The minimum absolute atomic E-state index is 0.0599. The number of carboxylic acid groups (broad SMARTS) is 1. The number of methoxy groups -OCH3 is 1. The molecule has 25 heavy (non-hydrogen) atoms. The number of carbonyl (C=O) groups is 1. The molecule has 1 aromatic heterocycles. The number of nitrogens with zero attached hydrogens (tertiary/aromatic N) is 1. The summed E-state index contributed by atoms with van der Waals surface area (Å²) in [5.41, 5.74) is 3.56. The molecule has 0 fully saturated rings. The third-order valence-corrected chi connectivity index (χ3v) is 4.82. The zero-order valence-corrected chi connectivity index (χ0v) is 15.4. The van der Waals surface area contributed by atoms with Crippen molar-refractivity contribution in [2.45, 2.75) is 19.9 Å². The Morgan fingerprint density at radius 2 is 2.00 bits per heavy atom. The van der Waals surface area contributed by atoms with Crippen molar-refractivity contribution in [1.82, 2.24) is 4.57 Å². The van der Waals surface area contributed by atoms with Gasteiger partial charge in [-0.25, -0.2) is 0 Å². The van der Waals surface area contributed by atoms with Crippen LogP contribution in [0.15, 0.2) is 36.4 Å². The van der Waals surface area contributed by atoms with Crippen molar-refractivity contribution in [1.29, 1.82) is 0 Å². The Labute approximate surface area is 155 Å². The molecule has 3 aromatic rings. The second-order valence-corrected chi connectivity index (χ2v) is 6.70. The number of rotatable bonds is 5. The molecular formula is C19H17Cl2NO3. The van der Waals surface area contributed by atoms with Crippen LogP contribution in [-0.2, 0) is 17.8 Å². The molecule has 0 bridgehead atoms. The van der Waals surface area contributed by atoms with Crippen LogP contribution in [0.1, 0.15) is 16.8 Å². The molecule has 0 saturated heterocycles. The van der Waals surface area contributed by atoms with Crippen LogP contribution in [0.5, 0.6) is 5.75 Å². The normalized spacial score (nSPS) is 11.0. The van der Waals surface area contributed by atoms with Gasteiger partial charge in [0, 0.05) is 22.6 Å². The van der Waals surface area contributed by atoms with Crippen molar-refractivity contribution >= 4 is 40.1 Å². The number of halogens is 2. The molecule has 130 valence electrons. The predicted octanol–water partition coefficient (Wildman–Crippen LogP) is 4.94. The first-order chi connectivity index (χ1) is 11.9. The first kappa shape index (κ1) is 17.6. The SMILES string of the molecule is COc1cc2c(CC(=O)O)c(C)n(Cc3cccc(Cl)c3)c2cc1Cl. The van der Waals surface area contributed by atoms with Crippen molar-refractivity contribution in [2.24, 2.45) is 0 Å². The minimum atomic E-state index is -0.876. The maximum absolute atomic E-state index is 11.3. The van der Waals surface area contributed by atoms with Crippen LogP contribution in [0.2, 0.25) is 10.0 Å². The molecule has 0 saturated carbocycles. The summed E-state index contributed by atoms with van der Waals surface area (Å²) in [7, 11) is 1.54. The largest absolute Gasteiger partial charge is 0.495 e. The first-order valence-corrected chi connectivity index (χ1v) is 8.47. The van der Waals surface area contributed by atoms with E-state index in [1.807, 2.05) is 37.3 Å². The lowest BCUT2D eigenvalue weighted by atomic mass is 10.1. The molecule has 0 spiro atoms. The van der Waals surface area contributed by atoms with Crippen LogP contribution in [0.3, 0.4) is 0 Å². The maximum atomic E-state index is 11.3. The number of aliphatic carboxylic acids is 1.